The smallest absolute Gasteiger partial charge is 0.458 e. The molecular weight excluding hydrogens is 455 g/mol. The van der Waals surface area contributed by atoms with Gasteiger partial charge in [0.15, 0.2) is 0 Å². The summed E-state index contributed by atoms with van der Waals surface area (Å²) < 4.78 is 139. The van der Waals surface area contributed by atoms with Crippen LogP contribution in [0.5, 0.6) is 0 Å². The molecule has 2 rings (SSSR count). The van der Waals surface area contributed by atoms with Crippen molar-refractivity contribution in [1.29, 1.82) is 0 Å². The average molecular weight is 471 g/mol. The van der Waals surface area contributed by atoms with Gasteiger partial charge < -0.3 is 4.74 Å². The number of nitrogens with zero attached hydrogens (tertiary/aromatic N) is 1. The van der Waals surface area contributed by atoms with Gasteiger partial charge in [0, 0.05) is 10.9 Å². The molecule has 1 atom stereocenters. The molecule has 0 spiro atoms. The number of alkyl halides is 10. The van der Waals surface area contributed by atoms with Gasteiger partial charge in [0.2, 0.25) is 5.90 Å². The predicted molar refractivity (Wildman–Crippen MR) is 90.7 cm³/mol. The summed E-state index contributed by atoms with van der Waals surface area (Å²) in [6.45, 7) is 4.99. The van der Waals surface area contributed by atoms with E-state index in [1.54, 1.807) is 20.8 Å². The van der Waals surface area contributed by atoms with Crippen LogP contribution in [0.3, 0.4) is 0 Å². The fourth-order valence-corrected chi connectivity index (χ4v) is 4.66. The standard InChI is InChI=1S/C17H16F10NOP/c1-13(2,3)11-8-29-12(28-11)9-6-4-5-7-10(9)30(16(24,25)14(18,19)20)17(26,27)15(21,22)23/h4-7,11H,8H2,1-3H3/t11-/m1/s1. The molecule has 13 heteroatoms. The monoisotopic (exact) mass is 471 g/mol. The normalized spacial score (nSPS) is 19.1. The van der Waals surface area contributed by atoms with Gasteiger partial charge in [-0.25, -0.2) is 4.99 Å². The first-order chi connectivity index (χ1) is 13.3. The first-order valence-electron chi connectivity index (χ1n) is 8.31. The Morgan fingerprint density at radius 3 is 1.70 bits per heavy atom. The number of ether oxygens (including phenoxy) is 1. The molecule has 0 saturated carbocycles. The van der Waals surface area contributed by atoms with Gasteiger partial charge in [0.05, 0.1) is 14.0 Å². The molecule has 0 saturated heterocycles. The Balaban J connectivity index is 2.74. The van der Waals surface area contributed by atoms with Crippen LogP contribution in [0, 0.1) is 5.41 Å². The molecule has 0 aromatic heterocycles. The Labute approximate surface area is 166 Å². The van der Waals surface area contributed by atoms with Crippen LogP contribution in [0.4, 0.5) is 43.9 Å². The second-order valence-corrected chi connectivity index (χ2v) is 9.83. The largest absolute Gasteiger partial charge is 0.475 e. The quantitative estimate of drug-likeness (QED) is 0.374. The summed E-state index contributed by atoms with van der Waals surface area (Å²) >= 11 is 0. The summed E-state index contributed by atoms with van der Waals surface area (Å²) in [5, 5.41) is -1.51. The van der Waals surface area contributed by atoms with Crippen molar-refractivity contribution in [2.45, 2.75) is 50.5 Å². The lowest BCUT2D eigenvalue weighted by molar-refractivity contribution is -0.261. The highest BCUT2D eigenvalue weighted by Gasteiger charge is 2.76. The second kappa shape index (κ2) is 7.53. The van der Waals surface area contributed by atoms with Crippen LogP contribution in [0.1, 0.15) is 26.3 Å². The third-order valence-electron chi connectivity index (χ3n) is 4.27. The van der Waals surface area contributed by atoms with Gasteiger partial charge in [-0.15, -0.1) is 0 Å². The number of benzene rings is 1. The summed E-state index contributed by atoms with van der Waals surface area (Å²) in [4.78, 5) is 4.01. The Kier molecular flexibility index (Phi) is 6.20. The van der Waals surface area contributed by atoms with Gasteiger partial charge in [-0.1, -0.05) is 39.0 Å². The van der Waals surface area contributed by atoms with Crippen molar-refractivity contribution in [3.05, 3.63) is 29.8 Å². The van der Waals surface area contributed by atoms with E-state index in [4.69, 9.17) is 4.74 Å². The molecule has 0 fully saturated rings. The highest BCUT2D eigenvalue weighted by Crippen LogP contribution is 2.71. The van der Waals surface area contributed by atoms with Crippen LogP contribution in [-0.2, 0) is 4.74 Å². The van der Waals surface area contributed by atoms with Gasteiger partial charge in [-0.05, 0) is 11.5 Å². The molecule has 0 radical (unpaired) electrons. The molecule has 1 heterocycles. The molecule has 0 aliphatic carbocycles. The highest BCUT2D eigenvalue weighted by atomic mass is 31.1. The molecule has 0 amide bonds. The van der Waals surface area contributed by atoms with E-state index in [0.29, 0.717) is 6.07 Å². The molecular formula is C17H16F10NOP. The van der Waals surface area contributed by atoms with E-state index in [0.717, 1.165) is 18.2 Å². The van der Waals surface area contributed by atoms with Crippen molar-refractivity contribution >= 4 is 19.1 Å². The van der Waals surface area contributed by atoms with Crippen molar-refractivity contribution in [2.75, 3.05) is 6.61 Å². The Bertz CT molecular complexity index is 784. The topological polar surface area (TPSA) is 21.6 Å². The number of rotatable bonds is 4. The van der Waals surface area contributed by atoms with Crippen molar-refractivity contribution < 1.29 is 48.6 Å². The minimum absolute atomic E-state index is 0.142. The molecule has 1 aromatic carbocycles. The first kappa shape index (κ1) is 24.7. The lowest BCUT2D eigenvalue weighted by Crippen LogP contribution is -2.48. The number of aliphatic imine (C=N–C) groups is 1. The van der Waals surface area contributed by atoms with Gasteiger partial charge >= 0.3 is 23.7 Å². The molecule has 1 aliphatic rings. The van der Waals surface area contributed by atoms with E-state index in [1.807, 2.05) is 0 Å². The van der Waals surface area contributed by atoms with E-state index in [-0.39, 0.29) is 6.61 Å². The maximum absolute atomic E-state index is 14.1. The summed E-state index contributed by atoms with van der Waals surface area (Å²) in [6, 6.07) is 2.48. The minimum Gasteiger partial charge on any atom is -0.475 e. The molecule has 170 valence electrons. The number of halogens is 10. The zero-order valence-electron chi connectivity index (χ0n) is 15.7. The zero-order valence-corrected chi connectivity index (χ0v) is 16.6. The molecule has 2 nitrogen and oxygen atoms in total. The molecule has 0 bridgehead atoms. The van der Waals surface area contributed by atoms with Crippen LogP contribution in [-0.4, -0.2) is 42.2 Å². The van der Waals surface area contributed by atoms with Crippen LogP contribution >= 0.6 is 7.92 Å². The van der Waals surface area contributed by atoms with Gasteiger partial charge in [0.1, 0.15) is 6.61 Å². The van der Waals surface area contributed by atoms with E-state index in [2.05, 4.69) is 4.99 Å². The third-order valence-corrected chi connectivity index (χ3v) is 6.77. The highest BCUT2D eigenvalue weighted by molar-refractivity contribution is 7.68. The van der Waals surface area contributed by atoms with Gasteiger partial charge in [-0.2, -0.15) is 43.9 Å². The minimum atomic E-state index is -6.65. The number of hydrogen-bond donors (Lipinski definition) is 0. The van der Waals surface area contributed by atoms with Crippen molar-refractivity contribution in [3.63, 3.8) is 0 Å². The fraction of sp³-hybridized carbons (Fsp3) is 0.588. The maximum Gasteiger partial charge on any atom is 0.458 e. The molecule has 0 unspecified atom stereocenters. The van der Waals surface area contributed by atoms with Crippen molar-refractivity contribution in [2.24, 2.45) is 10.4 Å². The molecule has 1 aromatic rings. The Hall–Kier alpha value is -1.58. The maximum atomic E-state index is 14.1. The summed E-state index contributed by atoms with van der Waals surface area (Å²) in [5.74, 6) is -0.561. The van der Waals surface area contributed by atoms with Crippen molar-refractivity contribution in [1.82, 2.24) is 0 Å². The lowest BCUT2D eigenvalue weighted by atomic mass is 9.88. The molecule has 30 heavy (non-hydrogen) atoms. The van der Waals surface area contributed by atoms with Gasteiger partial charge in [0.25, 0.3) is 0 Å². The fourth-order valence-electron chi connectivity index (χ4n) is 2.55. The SMILES string of the molecule is CC(C)(C)[C@H]1COC(c2ccccc2P(C(F)(F)C(F)(F)F)C(F)(F)C(F)(F)F)=N1. The first-order valence-corrected chi connectivity index (χ1v) is 9.65. The van der Waals surface area contributed by atoms with Crippen LogP contribution in [0.15, 0.2) is 29.3 Å². The average Bonchev–Trinajstić information content (AvgIpc) is 3.03. The van der Waals surface area contributed by atoms with E-state index < -0.39 is 59.8 Å². The summed E-state index contributed by atoms with van der Waals surface area (Å²) in [6.07, 6.45) is -13.3. The van der Waals surface area contributed by atoms with Crippen molar-refractivity contribution in [3.8, 4) is 0 Å². The van der Waals surface area contributed by atoms with Crippen LogP contribution in [0.25, 0.3) is 0 Å². The Morgan fingerprint density at radius 2 is 1.30 bits per heavy atom. The van der Waals surface area contributed by atoms with E-state index in [1.165, 1.54) is 0 Å². The molecule has 0 N–H and O–H groups in total. The Morgan fingerprint density at radius 1 is 0.833 bits per heavy atom. The molecule has 1 aliphatic heterocycles. The predicted octanol–water partition coefficient (Wildman–Crippen LogP) is 6.30. The second-order valence-electron chi connectivity index (χ2n) is 7.56. The van der Waals surface area contributed by atoms with Crippen LogP contribution < -0.4 is 5.30 Å². The van der Waals surface area contributed by atoms with E-state index in [9.17, 15) is 43.9 Å². The van der Waals surface area contributed by atoms with Gasteiger partial charge in [-0.3, -0.25) is 0 Å². The van der Waals surface area contributed by atoms with E-state index >= 15 is 0 Å². The van der Waals surface area contributed by atoms with Crippen LogP contribution in [0.2, 0.25) is 0 Å². The third kappa shape index (κ3) is 4.38. The lowest BCUT2D eigenvalue weighted by Gasteiger charge is -2.36. The number of hydrogen-bond acceptors (Lipinski definition) is 2. The summed E-state index contributed by atoms with van der Waals surface area (Å²) in [5.41, 5.74) is -14.0. The zero-order chi connectivity index (χ0) is 23.3. The summed E-state index contributed by atoms with van der Waals surface area (Å²) in [7, 11) is -5.48.